The fraction of sp³-hybridized carbons (Fsp3) is 0.950. The van der Waals surface area contributed by atoms with Crippen LogP contribution in [-0.4, -0.2) is 327 Å². The summed E-state index contributed by atoms with van der Waals surface area (Å²) in [5.41, 5.74) is 0. The lowest BCUT2D eigenvalue weighted by atomic mass is 9.94. The van der Waals surface area contributed by atoms with E-state index in [0.29, 0.717) is 0 Å². The first kappa shape index (κ1) is 60.0. The zero-order valence-corrected chi connectivity index (χ0v) is 38.9. The van der Waals surface area contributed by atoms with Gasteiger partial charge in [0.05, 0.1) is 39.6 Å². The summed E-state index contributed by atoms with van der Waals surface area (Å²) in [7, 11) is 0. The van der Waals surface area contributed by atoms with E-state index in [2.05, 4.69) is 10.6 Å². The van der Waals surface area contributed by atoms with Gasteiger partial charge in [0.15, 0.2) is 37.7 Å². The van der Waals surface area contributed by atoms with E-state index in [1.165, 1.54) is 0 Å². The molecule has 6 heterocycles. The molecule has 6 rings (SSSR count). The molecule has 6 saturated heterocycles. The van der Waals surface area contributed by atoms with Crippen molar-refractivity contribution in [1.82, 2.24) is 10.6 Å². The fourth-order valence-corrected chi connectivity index (χ4v) is 9.12. The lowest BCUT2D eigenvalue weighted by molar-refractivity contribution is -0.377. The number of carbonyl (C=O) groups is 2. The highest BCUT2D eigenvalue weighted by Crippen LogP contribution is 2.35. The number of hydrogen-bond donors (Lipinski definition) is 20. The van der Waals surface area contributed by atoms with Gasteiger partial charge in [-0.25, -0.2) is 0 Å². The number of aliphatic hydroxyl groups is 18. The molecule has 20 N–H and O–H groups in total. The van der Waals surface area contributed by atoms with Gasteiger partial charge in [0.2, 0.25) is 11.8 Å². The molecule has 0 radical (unpaired) electrons. The summed E-state index contributed by atoms with van der Waals surface area (Å²) >= 11 is 0. The minimum Gasteiger partial charge on any atom is -0.394 e. The summed E-state index contributed by atoms with van der Waals surface area (Å²) in [6.07, 6.45) is -51.1. The molecule has 0 bridgehead atoms. The third-order valence-electron chi connectivity index (χ3n) is 13.2. The maximum Gasteiger partial charge on any atom is 0.217 e. The molecule has 0 aromatic rings. The monoisotopic (exact) mass is 1070 g/mol. The SMILES string of the molecule is CC(=O)N[C@H]1[C@H](O[C@@H]2[C@H](O)[C@@H](O)[C@H](O[C@H]3[C@H](O)[C@@H](NC(C)=O)[C@H](OC[C@H]4O[C@H](OC[C@H]5O[C@@H](O)[C@@H](O)[C@@H](O)[C@@H]5O)[C@@H](O)[C@@H](O)[C@@H]4O)O[C@@H]3CO)O[C@@H]2CO)O[C@H](CO)[C@@H](O[C@@H]2O[C@H](CO)[C@H](O)[C@H](O)[C@H]2O)[C@@H]1O. The topological polar surface area (TPSA) is 524 Å². The van der Waals surface area contributed by atoms with Gasteiger partial charge in [-0.15, -0.1) is 0 Å². The molecular weight excluding hydrogens is 1000 g/mol. The van der Waals surface area contributed by atoms with Crippen LogP contribution in [0.4, 0.5) is 0 Å². The smallest absolute Gasteiger partial charge is 0.217 e. The van der Waals surface area contributed by atoms with Crippen LogP contribution in [0.2, 0.25) is 0 Å². The lowest BCUT2D eigenvalue weighted by Crippen LogP contribution is -2.70. The van der Waals surface area contributed by atoms with Crippen LogP contribution >= 0.6 is 0 Å². The Balaban J connectivity index is 1.11. The molecule has 6 fully saturated rings. The predicted octanol–water partition coefficient (Wildman–Crippen LogP) is -13.8. The quantitative estimate of drug-likeness (QED) is 0.0606. The average Bonchev–Trinajstić information content (AvgIpc) is 3.36. The van der Waals surface area contributed by atoms with Crippen LogP contribution in [0.1, 0.15) is 13.8 Å². The van der Waals surface area contributed by atoms with Crippen molar-refractivity contribution in [3.8, 4) is 0 Å². The summed E-state index contributed by atoms with van der Waals surface area (Å²) in [4.78, 5) is 24.8. The predicted molar refractivity (Wildman–Crippen MR) is 222 cm³/mol. The minimum atomic E-state index is -2.17. The second-order valence-electron chi connectivity index (χ2n) is 18.3. The highest BCUT2D eigenvalue weighted by atomic mass is 16.8. The zero-order chi connectivity index (χ0) is 53.9. The van der Waals surface area contributed by atoms with Crippen molar-refractivity contribution < 1.29 is 154 Å². The lowest BCUT2D eigenvalue weighted by Gasteiger charge is -2.50. The number of amides is 2. The molecule has 33 heteroatoms. The minimum absolute atomic E-state index is 0.704. The van der Waals surface area contributed by atoms with E-state index < -0.39 is 236 Å². The van der Waals surface area contributed by atoms with Gasteiger partial charge in [-0.1, -0.05) is 0 Å². The Kier molecular flexibility index (Phi) is 21.3. The third-order valence-corrected chi connectivity index (χ3v) is 13.2. The van der Waals surface area contributed by atoms with Crippen molar-refractivity contribution in [2.45, 2.75) is 198 Å². The van der Waals surface area contributed by atoms with E-state index in [1.807, 2.05) is 0 Å². The Morgan fingerprint density at radius 2 is 0.685 bits per heavy atom. The number of carbonyl (C=O) groups excluding carboxylic acids is 2. The van der Waals surface area contributed by atoms with E-state index in [4.69, 9.17) is 52.1 Å². The van der Waals surface area contributed by atoms with E-state index in [0.717, 1.165) is 13.8 Å². The van der Waals surface area contributed by atoms with Crippen molar-refractivity contribution in [1.29, 1.82) is 0 Å². The molecule has 0 spiro atoms. The summed E-state index contributed by atoms with van der Waals surface area (Å²) in [5.74, 6) is -1.58. The Labute approximate surface area is 413 Å². The molecule has 6 aliphatic heterocycles. The largest absolute Gasteiger partial charge is 0.394 e. The van der Waals surface area contributed by atoms with Crippen molar-refractivity contribution >= 4 is 11.8 Å². The Hall–Kier alpha value is -2.22. The second-order valence-corrected chi connectivity index (χ2v) is 18.3. The first-order valence-corrected chi connectivity index (χ1v) is 23.1. The van der Waals surface area contributed by atoms with E-state index in [9.17, 15) is 102 Å². The number of hydrogen-bond acceptors (Lipinski definition) is 31. The first-order chi connectivity index (χ1) is 34.5. The third kappa shape index (κ3) is 13.2. The zero-order valence-electron chi connectivity index (χ0n) is 38.9. The molecule has 0 unspecified atom stereocenters. The molecule has 0 aromatic heterocycles. The first-order valence-electron chi connectivity index (χ1n) is 23.1. The molecule has 2 amide bonds. The Morgan fingerprint density at radius 1 is 0.356 bits per heavy atom. The number of aliphatic hydroxyl groups excluding tert-OH is 18. The molecule has 0 saturated carbocycles. The van der Waals surface area contributed by atoms with Crippen molar-refractivity contribution in [3.63, 3.8) is 0 Å². The van der Waals surface area contributed by atoms with Gasteiger partial charge in [-0.05, 0) is 0 Å². The van der Waals surface area contributed by atoms with Gasteiger partial charge in [-0.2, -0.15) is 0 Å². The standard InChI is InChI=1S/C40H68N2O31/c1-9(47)41-17-22(52)32(12(4-44)67-36(17)63-8-16-21(51)26(56)29(59)38(70-16)64-7-15-20(50)24(54)28(58)35(62)65-15)73-40-31(61)27(57)34(14(6-46)69-40)71-37-18(42-10(2)48)23(53)33(13(5-45)68-37)72-39-30(60)25(55)19(49)11(3-43)66-39/h11-40,43-46,49-62H,3-8H2,1-2H3,(H,41,47)(H,42,48)/t11-,12-,13-,14-,15-,16-,17-,18-,19+,20-,21-,22-,23-,24+,25+,26+,27-,28+,29+,30-,31-,32-,33-,34+,35-,36-,37+,38+,39+,40+/m1/s1. The van der Waals surface area contributed by atoms with Gasteiger partial charge in [0, 0.05) is 13.8 Å². The highest BCUT2D eigenvalue weighted by Gasteiger charge is 2.57. The molecule has 33 nitrogen and oxygen atoms in total. The second kappa shape index (κ2) is 26.0. The molecule has 0 aliphatic carbocycles. The van der Waals surface area contributed by atoms with Crippen LogP contribution in [0, 0.1) is 0 Å². The summed E-state index contributed by atoms with van der Waals surface area (Å²) < 4.78 is 62.0. The van der Waals surface area contributed by atoms with Crippen LogP contribution in [0.5, 0.6) is 0 Å². The summed E-state index contributed by atoms with van der Waals surface area (Å²) in [5, 5.41) is 194. The van der Waals surface area contributed by atoms with Gasteiger partial charge < -0.3 is 155 Å². The van der Waals surface area contributed by atoms with Gasteiger partial charge in [-0.3, -0.25) is 9.59 Å². The van der Waals surface area contributed by atoms with Gasteiger partial charge in [0.1, 0.15) is 146 Å². The normalized spacial score (nSPS) is 49.8. The molecule has 0 aromatic carbocycles. The molecular formula is C40H68N2O31. The van der Waals surface area contributed by atoms with Crippen LogP contribution in [0.3, 0.4) is 0 Å². The Morgan fingerprint density at radius 3 is 1.16 bits per heavy atom. The van der Waals surface area contributed by atoms with Crippen LogP contribution in [0.15, 0.2) is 0 Å². The number of ether oxygens (including phenoxy) is 11. The Bertz CT molecular complexity index is 1750. The van der Waals surface area contributed by atoms with Crippen LogP contribution < -0.4 is 10.6 Å². The fourth-order valence-electron chi connectivity index (χ4n) is 9.12. The van der Waals surface area contributed by atoms with Crippen LogP contribution in [0.25, 0.3) is 0 Å². The number of nitrogens with one attached hydrogen (secondary N) is 2. The van der Waals surface area contributed by atoms with E-state index in [-0.39, 0.29) is 0 Å². The molecule has 424 valence electrons. The number of rotatable bonds is 18. The van der Waals surface area contributed by atoms with Gasteiger partial charge >= 0.3 is 0 Å². The molecule has 73 heavy (non-hydrogen) atoms. The van der Waals surface area contributed by atoms with Crippen LogP contribution in [-0.2, 0) is 61.7 Å². The van der Waals surface area contributed by atoms with Crippen molar-refractivity contribution in [2.24, 2.45) is 0 Å². The average molecular weight is 1070 g/mol. The van der Waals surface area contributed by atoms with E-state index >= 15 is 0 Å². The van der Waals surface area contributed by atoms with Crippen molar-refractivity contribution in [2.75, 3.05) is 39.6 Å². The maximum atomic E-state index is 12.4. The van der Waals surface area contributed by atoms with E-state index in [1.54, 1.807) is 0 Å². The highest BCUT2D eigenvalue weighted by molar-refractivity contribution is 5.73. The maximum absolute atomic E-state index is 12.4. The van der Waals surface area contributed by atoms with Crippen molar-refractivity contribution in [3.05, 3.63) is 0 Å². The molecule has 30 atom stereocenters. The van der Waals surface area contributed by atoms with Gasteiger partial charge in [0.25, 0.3) is 0 Å². The molecule has 6 aliphatic rings. The summed E-state index contributed by atoms with van der Waals surface area (Å²) in [6.45, 7) is -3.20. The summed E-state index contributed by atoms with van der Waals surface area (Å²) in [6, 6.07) is -3.30.